The van der Waals surface area contributed by atoms with Gasteiger partial charge in [0.1, 0.15) is 0 Å². The first-order chi connectivity index (χ1) is 5.41. The van der Waals surface area contributed by atoms with Crippen molar-refractivity contribution in [3.63, 3.8) is 0 Å². The van der Waals surface area contributed by atoms with E-state index in [-0.39, 0.29) is 29.6 Å². The molecule has 0 unspecified atom stereocenters. The van der Waals surface area contributed by atoms with E-state index in [0.29, 0.717) is 26.4 Å². The van der Waals surface area contributed by atoms with Crippen molar-refractivity contribution in [3.05, 3.63) is 0 Å². The zero-order valence-corrected chi connectivity index (χ0v) is 6.96. The van der Waals surface area contributed by atoms with Crippen molar-refractivity contribution in [2.24, 2.45) is 0 Å². The Kier molecular flexibility index (Phi) is 18.2. The van der Waals surface area contributed by atoms with Gasteiger partial charge in [-0.15, -0.1) is 0 Å². The Morgan fingerprint density at radius 1 is 0.833 bits per heavy atom. The second-order valence-corrected chi connectivity index (χ2v) is 1.77. The molecule has 0 radical (unpaired) electrons. The number of nitrogens with one attached hydrogen (secondary N) is 1. The molecule has 0 fully saturated rings. The molecular formula is C6H16NNaO4. The fraction of sp³-hybridized carbons (Fsp3) is 1.00. The van der Waals surface area contributed by atoms with Gasteiger partial charge >= 0.3 is 29.6 Å². The summed E-state index contributed by atoms with van der Waals surface area (Å²) in [6, 6.07) is 0. The predicted octanol–water partition coefficient (Wildman–Crippen LogP) is -0.916. The summed E-state index contributed by atoms with van der Waals surface area (Å²) in [5.74, 6) is 0. The van der Waals surface area contributed by atoms with Crippen LogP contribution in [0.25, 0.3) is 0 Å². The van der Waals surface area contributed by atoms with Crippen LogP contribution in [0, 0.1) is 0 Å². The first-order valence-corrected chi connectivity index (χ1v) is 3.38. The molecule has 70 valence electrons. The van der Waals surface area contributed by atoms with E-state index in [1.165, 1.54) is 0 Å². The van der Waals surface area contributed by atoms with Crippen molar-refractivity contribution in [2.75, 3.05) is 40.6 Å². The summed E-state index contributed by atoms with van der Waals surface area (Å²) in [7, 11) is 3.21. The molecule has 0 aliphatic rings. The molecule has 0 amide bonds. The molecule has 0 spiro atoms. The third-order valence-corrected chi connectivity index (χ3v) is 0.897. The van der Waals surface area contributed by atoms with Crippen LogP contribution in [0.4, 0.5) is 0 Å². The average Bonchev–Trinajstić information content (AvgIpc) is 2.03. The Hall–Kier alpha value is 0.800. The summed E-state index contributed by atoms with van der Waals surface area (Å²) < 4.78 is 9.45. The number of hydrogen-bond donors (Lipinski definition) is 1. The second-order valence-electron chi connectivity index (χ2n) is 1.77. The Morgan fingerprint density at radius 2 is 1.25 bits per heavy atom. The molecule has 0 bridgehead atoms. The molecule has 0 heterocycles. The van der Waals surface area contributed by atoms with Crippen LogP contribution in [0.1, 0.15) is 0 Å². The van der Waals surface area contributed by atoms with Gasteiger partial charge in [0.05, 0.1) is 26.4 Å². The molecular weight excluding hydrogens is 173 g/mol. The number of hydrogen-bond acceptors (Lipinski definition) is 5. The van der Waals surface area contributed by atoms with Crippen LogP contribution in [-0.2, 0) is 19.1 Å². The number of ether oxygens (including phenoxy) is 2. The normalized spacial score (nSPS) is 9.50. The first-order valence-electron chi connectivity index (χ1n) is 3.38. The van der Waals surface area contributed by atoms with E-state index in [4.69, 9.17) is 19.1 Å². The third-order valence-electron chi connectivity index (χ3n) is 0.897. The Balaban J connectivity index is 0. The zero-order chi connectivity index (χ0) is 8.36. The molecule has 0 aromatic carbocycles. The van der Waals surface area contributed by atoms with E-state index >= 15 is 0 Å². The maximum absolute atomic E-state index is 4.77. The van der Waals surface area contributed by atoms with E-state index in [1.807, 2.05) is 0 Å². The summed E-state index contributed by atoms with van der Waals surface area (Å²) >= 11 is 0. The van der Waals surface area contributed by atoms with Crippen LogP contribution in [0.3, 0.4) is 0 Å². The maximum atomic E-state index is 4.77. The molecule has 0 saturated carbocycles. The van der Waals surface area contributed by atoms with Crippen molar-refractivity contribution in [1.82, 2.24) is 5.64 Å². The van der Waals surface area contributed by atoms with Gasteiger partial charge in [-0.25, -0.2) is 0 Å². The van der Waals surface area contributed by atoms with E-state index < -0.39 is 0 Å². The van der Waals surface area contributed by atoms with E-state index in [9.17, 15) is 0 Å². The van der Waals surface area contributed by atoms with E-state index in [2.05, 4.69) is 5.64 Å². The van der Waals surface area contributed by atoms with Gasteiger partial charge < -0.3 is 9.47 Å². The number of rotatable bonds is 8. The molecule has 12 heavy (non-hydrogen) atoms. The van der Waals surface area contributed by atoms with Gasteiger partial charge in [-0.3, -0.25) is 9.68 Å². The first kappa shape index (κ1) is 15.3. The summed E-state index contributed by atoms with van der Waals surface area (Å²) in [6.07, 6.45) is 0. The van der Waals surface area contributed by atoms with Gasteiger partial charge in [-0.1, -0.05) is 5.64 Å². The SMILES string of the molecule is COCCONOCCOC.[NaH]. The van der Waals surface area contributed by atoms with Crippen molar-refractivity contribution >= 4 is 29.6 Å². The standard InChI is InChI=1S/C6H15NO4.Na.H/c1-8-3-5-10-7-11-6-4-9-2;;/h7H,3-6H2,1-2H3;;. The minimum atomic E-state index is 0. The van der Waals surface area contributed by atoms with Crippen molar-refractivity contribution in [2.45, 2.75) is 0 Å². The fourth-order valence-corrected chi connectivity index (χ4v) is 0.375. The molecule has 0 aliphatic carbocycles. The van der Waals surface area contributed by atoms with Gasteiger partial charge in [0.15, 0.2) is 0 Å². The Labute approximate surface area is 94.9 Å². The van der Waals surface area contributed by atoms with Crippen LogP contribution in [0.2, 0.25) is 0 Å². The summed E-state index contributed by atoms with van der Waals surface area (Å²) in [6.45, 7) is 2.01. The van der Waals surface area contributed by atoms with Crippen LogP contribution >= 0.6 is 0 Å². The van der Waals surface area contributed by atoms with Crippen molar-refractivity contribution in [1.29, 1.82) is 0 Å². The van der Waals surface area contributed by atoms with Gasteiger partial charge in [-0.05, 0) is 0 Å². The molecule has 0 aliphatic heterocycles. The van der Waals surface area contributed by atoms with Crippen molar-refractivity contribution in [3.8, 4) is 0 Å². The van der Waals surface area contributed by atoms with Gasteiger partial charge in [-0.2, -0.15) is 0 Å². The van der Waals surface area contributed by atoms with Gasteiger partial charge in [0.25, 0.3) is 0 Å². The van der Waals surface area contributed by atoms with E-state index in [1.54, 1.807) is 14.2 Å². The molecule has 0 aromatic rings. The van der Waals surface area contributed by atoms with Crippen LogP contribution < -0.4 is 5.64 Å². The Bertz CT molecular complexity index is 68.6. The molecule has 0 atom stereocenters. The second kappa shape index (κ2) is 14.3. The van der Waals surface area contributed by atoms with Crippen LogP contribution in [-0.4, -0.2) is 70.2 Å². The Morgan fingerprint density at radius 3 is 1.58 bits per heavy atom. The molecule has 0 saturated heterocycles. The average molecular weight is 189 g/mol. The monoisotopic (exact) mass is 189 g/mol. The van der Waals surface area contributed by atoms with Crippen LogP contribution in [0.5, 0.6) is 0 Å². The van der Waals surface area contributed by atoms with Crippen LogP contribution in [0.15, 0.2) is 0 Å². The molecule has 0 aromatic heterocycles. The van der Waals surface area contributed by atoms with Gasteiger partial charge in [0.2, 0.25) is 0 Å². The zero-order valence-electron chi connectivity index (χ0n) is 6.96. The topological polar surface area (TPSA) is 49.0 Å². The summed E-state index contributed by atoms with van der Waals surface area (Å²) in [5.41, 5.74) is 2.30. The summed E-state index contributed by atoms with van der Waals surface area (Å²) in [5, 5.41) is 0. The van der Waals surface area contributed by atoms with Gasteiger partial charge in [0, 0.05) is 14.2 Å². The predicted molar refractivity (Wildman–Crippen MR) is 45.9 cm³/mol. The molecule has 6 heteroatoms. The fourth-order valence-electron chi connectivity index (χ4n) is 0.375. The van der Waals surface area contributed by atoms with E-state index in [0.717, 1.165) is 0 Å². The summed E-state index contributed by atoms with van der Waals surface area (Å²) in [4.78, 5) is 9.54. The molecule has 0 rings (SSSR count). The third kappa shape index (κ3) is 13.4. The number of methoxy groups -OCH3 is 2. The molecule has 1 N–H and O–H groups in total. The quantitative estimate of drug-likeness (QED) is 0.304. The molecule has 5 nitrogen and oxygen atoms in total. The van der Waals surface area contributed by atoms with Crippen molar-refractivity contribution < 1.29 is 19.1 Å². The minimum absolute atomic E-state index is 0.